The second-order valence-electron chi connectivity index (χ2n) is 5.76. The van der Waals surface area contributed by atoms with Crippen LogP contribution in [0.2, 0.25) is 0 Å². The number of hydrogen-bond donors (Lipinski definition) is 2. The number of hydrogen-bond acceptors (Lipinski definition) is 5. The molecule has 6 nitrogen and oxygen atoms in total. The van der Waals surface area contributed by atoms with E-state index in [1.165, 1.54) is 36.7 Å². The Hall–Kier alpha value is -3.62. The van der Waals surface area contributed by atoms with Gasteiger partial charge >= 0.3 is 6.36 Å². The van der Waals surface area contributed by atoms with Crippen molar-refractivity contribution in [3.8, 4) is 22.9 Å². The number of ether oxygens (including phenoxy) is 1. The van der Waals surface area contributed by atoms with Gasteiger partial charge in [0, 0.05) is 5.56 Å². The molecule has 2 N–H and O–H groups in total. The van der Waals surface area contributed by atoms with Crippen LogP contribution in [0.1, 0.15) is 5.56 Å². The summed E-state index contributed by atoms with van der Waals surface area (Å²) in [5.41, 5.74) is 1.51. The second-order valence-corrected chi connectivity index (χ2v) is 5.76. The molecule has 0 aliphatic heterocycles. The number of carbonyl (C=O) groups excluding carboxylic acids is 1. The minimum Gasteiger partial charge on any atom is -0.508 e. The zero-order chi connectivity index (χ0) is 20.1. The number of aromatic nitrogens is 2. The Morgan fingerprint density at radius 2 is 1.75 bits per heavy atom. The fraction of sp³-hybridized carbons (Fsp3) is 0.105. The molecule has 0 saturated heterocycles. The highest BCUT2D eigenvalue weighted by Gasteiger charge is 2.30. The quantitative estimate of drug-likeness (QED) is 0.691. The number of phenolic OH excluding ortho intramolecular Hbond substituents is 1. The van der Waals surface area contributed by atoms with Crippen LogP contribution in [-0.4, -0.2) is 27.3 Å². The molecule has 0 radical (unpaired) electrons. The van der Waals surface area contributed by atoms with Gasteiger partial charge in [0.1, 0.15) is 11.5 Å². The van der Waals surface area contributed by atoms with Crippen molar-refractivity contribution in [3.05, 3.63) is 66.5 Å². The van der Waals surface area contributed by atoms with E-state index < -0.39 is 6.36 Å². The average Bonchev–Trinajstić information content (AvgIpc) is 2.63. The van der Waals surface area contributed by atoms with Gasteiger partial charge in [0.15, 0.2) is 5.82 Å². The summed E-state index contributed by atoms with van der Waals surface area (Å²) in [5.74, 6) is -0.259. The van der Waals surface area contributed by atoms with Gasteiger partial charge < -0.3 is 15.2 Å². The van der Waals surface area contributed by atoms with Gasteiger partial charge in [0.25, 0.3) is 0 Å². The summed E-state index contributed by atoms with van der Waals surface area (Å²) in [6.07, 6.45) is -1.96. The van der Waals surface area contributed by atoms with Crippen molar-refractivity contribution in [2.75, 3.05) is 5.32 Å². The molecule has 3 rings (SSSR count). The van der Waals surface area contributed by atoms with Crippen LogP contribution in [0, 0.1) is 0 Å². The summed E-state index contributed by atoms with van der Waals surface area (Å²) >= 11 is 0. The minimum atomic E-state index is -4.76. The van der Waals surface area contributed by atoms with Gasteiger partial charge in [-0.05, 0) is 29.8 Å². The maximum Gasteiger partial charge on any atom is 0.573 e. The van der Waals surface area contributed by atoms with E-state index in [4.69, 9.17) is 0 Å². The Balaban J connectivity index is 1.59. The number of aromatic hydroxyl groups is 1. The molecule has 1 heterocycles. The van der Waals surface area contributed by atoms with Gasteiger partial charge in [0.2, 0.25) is 5.91 Å². The highest BCUT2D eigenvalue weighted by atomic mass is 19.4. The number of benzene rings is 2. The Bertz CT molecular complexity index is 959. The summed E-state index contributed by atoms with van der Waals surface area (Å²) < 4.78 is 40.2. The Morgan fingerprint density at radius 3 is 2.36 bits per heavy atom. The molecule has 1 aromatic heterocycles. The van der Waals surface area contributed by atoms with Crippen LogP contribution >= 0.6 is 0 Å². The van der Waals surface area contributed by atoms with Gasteiger partial charge in [-0.3, -0.25) is 4.79 Å². The Kier molecular flexibility index (Phi) is 5.44. The molecule has 0 unspecified atom stereocenters. The van der Waals surface area contributed by atoms with Crippen LogP contribution in [-0.2, 0) is 11.2 Å². The second kappa shape index (κ2) is 7.95. The standard InChI is InChI=1S/C19H14F3N3O3/c20-19(21,22)28-16-6-4-12(5-7-16)8-17(27)25-14-10-23-18(24-11-14)13-2-1-3-15(26)9-13/h1-7,9-11,26H,8H2,(H,25,27). The molecule has 0 fully saturated rings. The topological polar surface area (TPSA) is 84.3 Å². The van der Waals surface area contributed by atoms with E-state index in [0.717, 1.165) is 12.1 Å². The number of halogens is 3. The normalized spacial score (nSPS) is 11.1. The van der Waals surface area contributed by atoms with Crippen molar-refractivity contribution in [1.29, 1.82) is 0 Å². The van der Waals surface area contributed by atoms with Crippen molar-refractivity contribution in [2.24, 2.45) is 0 Å². The van der Waals surface area contributed by atoms with E-state index in [-0.39, 0.29) is 23.8 Å². The molecule has 2 aromatic carbocycles. The van der Waals surface area contributed by atoms with Crippen LogP contribution in [0.5, 0.6) is 11.5 Å². The van der Waals surface area contributed by atoms with Gasteiger partial charge in [-0.15, -0.1) is 13.2 Å². The number of anilines is 1. The van der Waals surface area contributed by atoms with Crippen LogP contribution in [0.25, 0.3) is 11.4 Å². The molecule has 9 heteroatoms. The zero-order valence-corrected chi connectivity index (χ0v) is 14.3. The van der Waals surface area contributed by atoms with Gasteiger partial charge in [-0.2, -0.15) is 0 Å². The largest absolute Gasteiger partial charge is 0.573 e. The fourth-order valence-corrected chi connectivity index (χ4v) is 2.39. The molecule has 28 heavy (non-hydrogen) atoms. The molecule has 0 spiro atoms. The molecule has 0 bridgehead atoms. The SMILES string of the molecule is O=C(Cc1ccc(OC(F)(F)F)cc1)Nc1cnc(-c2cccc(O)c2)nc1. The summed E-state index contributed by atoms with van der Waals surface area (Å²) in [6, 6.07) is 11.5. The molecule has 0 aliphatic carbocycles. The first-order valence-electron chi connectivity index (χ1n) is 8.04. The first kappa shape index (κ1) is 19.2. The monoisotopic (exact) mass is 389 g/mol. The van der Waals surface area contributed by atoms with E-state index in [0.29, 0.717) is 22.6 Å². The lowest BCUT2D eigenvalue weighted by molar-refractivity contribution is -0.274. The van der Waals surface area contributed by atoms with E-state index in [1.807, 2.05) is 0 Å². The van der Waals surface area contributed by atoms with Crippen LogP contribution in [0.4, 0.5) is 18.9 Å². The predicted molar refractivity (Wildman–Crippen MR) is 94.6 cm³/mol. The van der Waals surface area contributed by atoms with Crippen LogP contribution in [0.3, 0.4) is 0 Å². The number of nitrogens with zero attached hydrogens (tertiary/aromatic N) is 2. The highest BCUT2D eigenvalue weighted by molar-refractivity contribution is 5.92. The first-order chi connectivity index (χ1) is 13.3. The average molecular weight is 389 g/mol. The zero-order valence-electron chi connectivity index (χ0n) is 14.3. The van der Waals surface area contributed by atoms with E-state index in [1.54, 1.807) is 12.1 Å². The lowest BCUT2D eigenvalue weighted by Crippen LogP contribution is -2.17. The first-order valence-corrected chi connectivity index (χ1v) is 8.04. The molecule has 0 saturated carbocycles. The third-order valence-corrected chi connectivity index (χ3v) is 3.56. The lowest BCUT2D eigenvalue weighted by atomic mass is 10.1. The van der Waals surface area contributed by atoms with E-state index >= 15 is 0 Å². The third kappa shape index (κ3) is 5.44. The summed E-state index contributed by atoms with van der Waals surface area (Å²) in [4.78, 5) is 20.4. The third-order valence-electron chi connectivity index (χ3n) is 3.56. The predicted octanol–water partition coefficient (Wildman–Crippen LogP) is 3.93. The minimum absolute atomic E-state index is 0.0411. The number of phenols is 1. The fourth-order valence-electron chi connectivity index (χ4n) is 2.39. The number of carbonyl (C=O) groups is 1. The molecular formula is C19H14F3N3O3. The number of amides is 1. The maximum absolute atomic E-state index is 12.1. The van der Waals surface area contributed by atoms with Crippen LogP contribution < -0.4 is 10.1 Å². The maximum atomic E-state index is 12.1. The van der Waals surface area contributed by atoms with Gasteiger partial charge in [0.05, 0.1) is 24.5 Å². The van der Waals surface area contributed by atoms with Crippen molar-refractivity contribution in [2.45, 2.75) is 12.8 Å². The van der Waals surface area contributed by atoms with Crippen molar-refractivity contribution < 1.29 is 27.8 Å². The lowest BCUT2D eigenvalue weighted by Gasteiger charge is -2.09. The Labute approximate surface area is 157 Å². The summed E-state index contributed by atoms with van der Waals surface area (Å²) in [5, 5.41) is 12.1. The Morgan fingerprint density at radius 1 is 1.07 bits per heavy atom. The number of alkyl halides is 3. The number of nitrogens with one attached hydrogen (secondary N) is 1. The van der Waals surface area contributed by atoms with Crippen LogP contribution in [0.15, 0.2) is 60.9 Å². The number of rotatable bonds is 5. The molecular weight excluding hydrogens is 375 g/mol. The van der Waals surface area contributed by atoms with Crippen molar-refractivity contribution in [3.63, 3.8) is 0 Å². The summed E-state index contributed by atoms with van der Waals surface area (Å²) in [7, 11) is 0. The molecule has 144 valence electrons. The van der Waals surface area contributed by atoms with E-state index in [9.17, 15) is 23.1 Å². The highest BCUT2D eigenvalue weighted by Crippen LogP contribution is 2.23. The molecule has 1 amide bonds. The van der Waals surface area contributed by atoms with Crippen molar-refractivity contribution >= 4 is 11.6 Å². The smallest absolute Gasteiger partial charge is 0.508 e. The van der Waals surface area contributed by atoms with E-state index in [2.05, 4.69) is 20.0 Å². The summed E-state index contributed by atoms with van der Waals surface area (Å²) in [6.45, 7) is 0. The van der Waals surface area contributed by atoms with Gasteiger partial charge in [-0.1, -0.05) is 24.3 Å². The molecule has 3 aromatic rings. The van der Waals surface area contributed by atoms with Crippen molar-refractivity contribution in [1.82, 2.24) is 9.97 Å². The molecule has 0 aliphatic rings. The van der Waals surface area contributed by atoms with Gasteiger partial charge in [-0.25, -0.2) is 9.97 Å². The molecule has 0 atom stereocenters.